The summed E-state index contributed by atoms with van der Waals surface area (Å²) >= 11 is 0. The Hall–Kier alpha value is -0.0800. The highest BCUT2D eigenvalue weighted by atomic mass is 16.5. The first-order valence-electron chi connectivity index (χ1n) is 4.06. The summed E-state index contributed by atoms with van der Waals surface area (Å²) in [5.41, 5.74) is 2.68. The molecule has 0 amide bonds. The van der Waals surface area contributed by atoms with Gasteiger partial charge in [0, 0.05) is 6.04 Å². The Bertz CT molecular complexity index is 112. The second-order valence-corrected chi connectivity index (χ2v) is 3.92. The summed E-state index contributed by atoms with van der Waals surface area (Å²) in [5.74, 6) is 0. The van der Waals surface area contributed by atoms with Crippen LogP contribution < -0.4 is 5.48 Å². The minimum absolute atomic E-state index is 0.285. The summed E-state index contributed by atoms with van der Waals surface area (Å²) in [6.07, 6.45) is 4.90. The van der Waals surface area contributed by atoms with Crippen molar-refractivity contribution < 1.29 is 5.21 Å². The molecule has 1 fully saturated rings. The number of nitrogens with one attached hydrogen (secondary N) is 1. The number of rotatable bonds is 1. The van der Waals surface area contributed by atoms with Crippen LogP contribution in [0.15, 0.2) is 0 Å². The van der Waals surface area contributed by atoms with Crippen molar-refractivity contribution in [1.29, 1.82) is 0 Å². The molecule has 0 aromatic carbocycles. The minimum atomic E-state index is 0.285. The first kappa shape index (κ1) is 8.02. The Morgan fingerprint density at radius 1 is 1.40 bits per heavy atom. The van der Waals surface area contributed by atoms with E-state index in [0.717, 1.165) is 6.42 Å². The molecule has 0 aromatic rings. The van der Waals surface area contributed by atoms with Gasteiger partial charge < -0.3 is 5.21 Å². The van der Waals surface area contributed by atoms with Gasteiger partial charge >= 0.3 is 0 Å². The molecule has 0 aromatic heterocycles. The highest BCUT2D eigenvalue weighted by Crippen LogP contribution is 2.34. The highest BCUT2D eigenvalue weighted by Gasteiger charge is 2.31. The summed E-state index contributed by atoms with van der Waals surface area (Å²) in [6.45, 7) is 4.42. The second kappa shape index (κ2) is 2.89. The van der Waals surface area contributed by atoms with Crippen LogP contribution in [0.3, 0.4) is 0 Å². The van der Waals surface area contributed by atoms with Crippen LogP contribution in [-0.2, 0) is 0 Å². The van der Waals surface area contributed by atoms with Gasteiger partial charge in [-0.3, -0.25) is 0 Å². The van der Waals surface area contributed by atoms with E-state index in [-0.39, 0.29) is 5.41 Å². The summed E-state index contributed by atoms with van der Waals surface area (Å²) in [5, 5.41) is 8.78. The van der Waals surface area contributed by atoms with Gasteiger partial charge in [-0.1, -0.05) is 26.7 Å². The Balaban J connectivity index is 2.51. The Morgan fingerprint density at radius 2 is 2.10 bits per heavy atom. The predicted octanol–water partition coefficient (Wildman–Crippen LogP) is 1.93. The molecule has 10 heavy (non-hydrogen) atoms. The molecule has 1 aliphatic rings. The van der Waals surface area contributed by atoms with Gasteiger partial charge in [0.1, 0.15) is 0 Å². The Morgan fingerprint density at radius 3 is 2.50 bits per heavy atom. The summed E-state index contributed by atoms with van der Waals surface area (Å²) in [4.78, 5) is 0. The van der Waals surface area contributed by atoms with Crippen molar-refractivity contribution in [3.8, 4) is 0 Å². The lowest BCUT2D eigenvalue weighted by Crippen LogP contribution is -2.42. The molecule has 1 rings (SSSR count). The standard InChI is InChI=1S/C8H17NO/c1-8(2)6-4-3-5-7(8)9-10/h7,9-10H,3-6H2,1-2H3. The van der Waals surface area contributed by atoms with Gasteiger partial charge in [-0.15, -0.1) is 0 Å². The van der Waals surface area contributed by atoms with E-state index in [1.54, 1.807) is 0 Å². The van der Waals surface area contributed by atoms with Crippen LogP contribution in [0.1, 0.15) is 39.5 Å². The fourth-order valence-corrected chi connectivity index (χ4v) is 1.73. The van der Waals surface area contributed by atoms with Crippen molar-refractivity contribution in [3.63, 3.8) is 0 Å². The maximum absolute atomic E-state index is 8.78. The highest BCUT2D eigenvalue weighted by molar-refractivity contribution is 4.85. The van der Waals surface area contributed by atoms with E-state index >= 15 is 0 Å². The van der Waals surface area contributed by atoms with Gasteiger partial charge in [-0.2, -0.15) is 0 Å². The van der Waals surface area contributed by atoms with Crippen LogP contribution in [0.4, 0.5) is 0 Å². The lowest BCUT2D eigenvalue weighted by molar-refractivity contribution is 0.0383. The molecule has 1 saturated carbocycles. The Kier molecular flexibility index (Phi) is 2.32. The maximum atomic E-state index is 8.78. The molecule has 0 radical (unpaired) electrons. The average molecular weight is 143 g/mol. The quantitative estimate of drug-likeness (QED) is 0.550. The van der Waals surface area contributed by atoms with Crippen molar-refractivity contribution >= 4 is 0 Å². The summed E-state index contributed by atoms with van der Waals surface area (Å²) in [7, 11) is 0. The van der Waals surface area contributed by atoms with Gasteiger partial charge in [0.25, 0.3) is 0 Å². The average Bonchev–Trinajstić information content (AvgIpc) is 1.87. The molecule has 0 bridgehead atoms. The van der Waals surface area contributed by atoms with Gasteiger partial charge in [0.05, 0.1) is 0 Å². The van der Waals surface area contributed by atoms with Crippen LogP contribution in [0.25, 0.3) is 0 Å². The lowest BCUT2D eigenvalue weighted by Gasteiger charge is -2.37. The van der Waals surface area contributed by atoms with Crippen molar-refractivity contribution in [2.75, 3.05) is 0 Å². The molecule has 0 saturated heterocycles. The molecule has 1 aliphatic carbocycles. The first-order chi connectivity index (χ1) is 4.67. The van der Waals surface area contributed by atoms with Crippen LogP contribution >= 0.6 is 0 Å². The van der Waals surface area contributed by atoms with E-state index < -0.39 is 0 Å². The van der Waals surface area contributed by atoms with Gasteiger partial charge in [0.2, 0.25) is 0 Å². The molecule has 0 aliphatic heterocycles. The summed E-state index contributed by atoms with van der Waals surface area (Å²) in [6, 6.07) is 0.307. The molecule has 1 atom stereocenters. The smallest absolute Gasteiger partial charge is 0.0370 e. The molecular formula is C8H17NO. The van der Waals surface area contributed by atoms with E-state index in [1.807, 2.05) is 0 Å². The zero-order chi connectivity index (χ0) is 7.61. The number of hydroxylamine groups is 1. The van der Waals surface area contributed by atoms with Crippen LogP contribution in [0, 0.1) is 5.41 Å². The maximum Gasteiger partial charge on any atom is 0.0370 e. The van der Waals surface area contributed by atoms with Gasteiger partial charge in [-0.25, -0.2) is 5.48 Å². The fourth-order valence-electron chi connectivity index (χ4n) is 1.73. The molecule has 2 nitrogen and oxygen atoms in total. The zero-order valence-electron chi connectivity index (χ0n) is 6.85. The first-order valence-corrected chi connectivity index (χ1v) is 4.06. The third kappa shape index (κ3) is 1.50. The predicted molar refractivity (Wildman–Crippen MR) is 41.0 cm³/mol. The monoisotopic (exact) mass is 143 g/mol. The van der Waals surface area contributed by atoms with Crippen LogP contribution in [0.2, 0.25) is 0 Å². The van der Waals surface area contributed by atoms with Gasteiger partial charge in [0.15, 0.2) is 0 Å². The fraction of sp³-hybridized carbons (Fsp3) is 1.00. The topological polar surface area (TPSA) is 32.3 Å². The van der Waals surface area contributed by atoms with E-state index in [9.17, 15) is 0 Å². The van der Waals surface area contributed by atoms with Crippen LogP contribution in [-0.4, -0.2) is 11.2 Å². The Labute approximate surface area is 62.6 Å². The number of hydrogen-bond acceptors (Lipinski definition) is 2. The van der Waals surface area contributed by atoms with Crippen molar-refractivity contribution in [1.82, 2.24) is 5.48 Å². The molecule has 0 heterocycles. The van der Waals surface area contributed by atoms with E-state index in [2.05, 4.69) is 19.3 Å². The normalized spacial score (nSPS) is 32.1. The molecule has 60 valence electrons. The third-order valence-electron chi connectivity index (χ3n) is 2.66. The molecule has 2 heteroatoms. The van der Waals surface area contributed by atoms with Crippen molar-refractivity contribution in [2.45, 2.75) is 45.6 Å². The molecule has 2 N–H and O–H groups in total. The SMILES string of the molecule is CC1(C)CCCCC1NO. The third-order valence-corrected chi connectivity index (χ3v) is 2.66. The minimum Gasteiger partial charge on any atom is -0.317 e. The van der Waals surface area contributed by atoms with E-state index in [4.69, 9.17) is 5.21 Å². The second-order valence-electron chi connectivity index (χ2n) is 3.92. The van der Waals surface area contributed by atoms with Gasteiger partial charge in [-0.05, 0) is 18.3 Å². The van der Waals surface area contributed by atoms with Crippen molar-refractivity contribution in [3.05, 3.63) is 0 Å². The largest absolute Gasteiger partial charge is 0.317 e. The molecule has 1 unspecified atom stereocenters. The van der Waals surface area contributed by atoms with Crippen LogP contribution in [0.5, 0.6) is 0 Å². The van der Waals surface area contributed by atoms with E-state index in [0.29, 0.717) is 6.04 Å². The van der Waals surface area contributed by atoms with Crippen molar-refractivity contribution in [2.24, 2.45) is 5.41 Å². The zero-order valence-corrected chi connectivity index (χ0v) is 6.85. The lowest BCUT2D eigenvalue weighted by atomic mass is 9.74. The summed E-state index contributed by atoms with van der Waals surface area (Å²) < 4.78 is 0. The molecule has 0 spiro atoms. The molecular weight excluding hydrogens is 126 g/mol. The number of hydrogen-bond donors (Lipinski definition) is 2. The van der Waals surface area contributed by atoms with E-state index in [1.165, 1.54) is 19.3 Å².